The van der Waals surface area contributed by atoms with Crippen molar-refractivity contribution >= 4 is 11.7 Å². The summed E-state index contributed by atoms with van der Waals surface area (Å²) in [5, 5.41) is 4.64. The molecule has 160 valence electrons. The lowest BCUT2D eigenvalue weighted by Gasteiger charge is -2.44. The van der Waals surface area contributed by atoms with E-state index in [1.807, 2.05) is 6.20 Å². The molecule has 0 bridgehead atoms. The lowest BCUT2D eigenvalue weighted by molar-refractivity contribution is -0.117. The number of aromatic nitrogens is 2. The Bertz CT molecular complexity index is 1110. The number of nitrogens with two attached hydrogens (primary N) is 1. The Labute approximate surface area is 188 Å². The van der Waals surface area contributed by atoms with Gasteiger partial charge in [-0.2, -0.15) is 5.10 Å². The number of benzene rings is 3. The van der Waals surface area contributed by atoms with Crippen molar-refractivity contribution in [3.8, 4) is 0 Å². The predicted molar refractivity (Wildman–Crippen MR) is 126 cm³/mol. The molecule has 5 heteroatoms. The zero-order valence-corrected chi connectivity index (χ0v) is 17.9. The van der Waals surface area contributed by atoms with Gasteiger partial charge in [0.05, 0.1) is 12.7 Å². The fourth-order valence-corrected chi connectivity index (χ4v) is 4.96. The van der Waals surface area contributed by atoms with Gasteiger partial charge in [-0.1, -0.05) is 91.0 Å². The monoisotopic (exact) mass is 422 g/mol. The third-order valence-electron chi connectivity index (χ3n) is 6.30. The number of nitrogens with zero attached hydrogens (tertiary/aromatic N) is 3. The van der Waals surface area contributed by atoms with Crippen molar-refractivity contribution in [2.45, 2.75) is 24.9 Å². The van der Waals surface area contributed by atoms with Gasteiger partial charge in [-0.05, 0) is 23.1 Å². The Morgan fingerprint density at radius 3 is 1.78 bits per heavy atom. The van der Waals surface area contributed by atoms with Crippen LogP contribution in [0.5, 0.6) is 0 Å². The molecule has 0 saturated heterocycles. The zero-order chi connectivity index (χ0) is 22.0. The maximum atomic E-state index is 11.5. The number of anilines is 1. The molecule has 3 aromatic carbocycles. The van der Waals surface area contributed by atoms with E-state index in [0.717, 1.165) is 24.5 Å². The van der Waals surface area contributed by atoms with Gasteiger partial charge in [-0.3, -0.25) is 4.79 Å². The van der Waals surface area contributed by atoms with Gasteiger partial charge < -0.3 is 10.6 Å². The van der Waals surface area contributed by atoms with Crippen LogP contribution in [0.25, 0.3) is 0 Å². The third kappa shape index (κ3) is 3.26. The first-order valence-corrected chi connectivity index (χ1v) is 11.0. The van der Waals surface area contributed by atoms with Crippen molar-refractivity contribution in [1.29, 1.82) is 0 Å². The SMILES string of the molecule is NC(=O)CCc1cnn2c1N(C(c1ccccc1)(c1ccccc1)c1ccccc1)CC2. The van der Waals surface area contributed by atoms with Gasteiger partial charge in [0, 0.05) is 18.5 Å². The van der Waals surface area contributed by atoms with E-state index in [0.29, 0.717) is 12.8 Å². The number of primary amides is 1. The van der Waals surface area contributed by atoms with Crippen LogP contribution in [-0.2, 0) is 23.3 Å². The Morgan fingerprint density at radius 2 is 1.31 bits per heavy atom. The Hall–Kier alpha value is -3.86. The van der Waals surface area contributed by atoms with Gasteiger partial charge >= 0.3 is 0 Å². The number of carbonyl (C=O) groups is 1. The number of aryl methyl sites for hydroxylation is 1. The van der Waals surface area contributed by atoms with Crippen LogP contribution in [-0.4, -0.2) is 22.2 Å². The highest BCUT2D eigenvalue weighted by atomic mass is 16.1. The van der Waals surface area contributed by atoms with E-state index >= 15 is 0 Å². The summed E-state index contributed by atoms with van der Waals surface area (Å²) in [4.78, 5) is 14.0. The van der Waals surface area contributed by atoms with Crippen LogP contribution in [0.2, 0.25) is 0 Å². The minimum Gasteiger partial charge on any atom is -0.370 e. The average Bonchev–Trinajstić information content (AvgIpc) is 3.44. The van der Waals surface area contributed by atoms with Crippen LogP contribution < -0.4 is 10.6 Å². The molecule has 0 fully saturated rings. The standard InChI is InChI=1S/C27H26N4O/c28-25(32)17-16-21-20-29-31-19-18-30(26(21)31)27(22-10-4-1-5-11-22,23-12-6-2-7-13-23)24-14-8-3-9-15-24/h1-15,20H,16-19H2,(H2,28,32). The number of hydrogen-bond acceptors (Lipinski definition) is 3. The van der Waals surface area contributed by atoms with E-state index < -0.39 is 5.54 Å². The molecule has 0 aliphatic carbocycles. The second-order valence-electron chi connectivity index (χ2n) is 8.14. The highest BCUT2D eigenvalue weighted by Gasteiger charge is 2.46. The fourth-order valence-electron chi connectivity index (χ4n) is 4.96. The van der Waals surface area contributed by atoms with E-state index in [9.17, 15) is 4.79 Å². The van der Waals surface area contributed by atoms with Gasteiger partial charge in [-0.15, -0.1) is 0 Å². The van der Waals surface area contributed by atoms with E-state index in [1.165, 1.54) is 16.7 Å². The van der Waals surface area contributed by atoms with Crippen molar-refractivity contribution in [2.75, 3.05) is 11.4 Å². The molecule has 5 nitrogen and oxygen atoms in total. The summed E-state index contributed by atoms with van der Waals surface area (Å²) in [5.74, 6) is 0.762. The number of rotatable bonds is 7. The molecule has 0 saturated carbocycles. The summed E-state index contributed by atoms with van der Waals surface area (Å²) in [6.45, 7) is 1.60. The quantitative estimate of drug-likeness (QED) is 0.456. The molecular weight excluding hydrogens is 396 g/mol. The lowest BCUT2D eigenvalue weighted by atomic mass is 9.75. The van der Waals surface area contributed by atoms with Crippen LogP contribution in [0.3, 0.4) is 0 Å². The average molecular weight is 423 g/mol. The molecule has 5 rings (SSSR count). The highest BCUT2D eigenvalue weighted by Crippen LogP contribution is 2.47. The maximum Gasteiger partial charge on any atom is 0.217 e. The minimum absolute atomic E-state index is 0.296. The van der Waals surface area contributed by atoms with E-state index in [1.54, 1.807) is 0 Å². The zero-order valence-electron chi connectivity index (χ0n) is 17.9. The second kappa shape index (κ2) is 8.35. The highest BCUT2D eigenvalue weighted by molar-refractivity contribution is 5.74. The smallest absolute Gasteiger partial charge is 0.217 e. The number of fused-ring (bicyclic) bond motifs is 1. The largest absolute Gasteiger partial charge is 0.370 e. The molecule has 4 aromatic rings. The van der Waals surface area contributed by atoms with Crippen molar-refractivity contribution in [3.63, 3.8) is 0 Å². The molecule has 0 spiro atoms. The summed E-state index contributed by atoms with van der Waals surface area (Å²) in [6, 6.07) is 31.9. The summed E-state index contributed by atoms with van der Waals surface area (Å²) in [7, 11) is 0. The lowest BCUT2D eigenvalue weighted by Crippen LogP contribution is -2.48. The van der Waals surface area contributed by atoms with Gasteiger partial charge in [0.1, 0.15) is 11.4 Å². The van der Waals surface area contributed by atoms with Crippen molar-refractivity contribution in [2.24, 2.45) is 5.73 Å². The molecular formula is C27H26N4O. The Balaban J connectivity index is 1.78. The molecule has 32 heavy (non-hydrogen) atoms. The van der Waals surface area contributed by atoms with Gasteiger partial charge in [0.2, 0.25) is 5.91 Å². The minimum atomic E-state index is -0.542. The van der Waals surface area contributed by atoms with Crippen LogP contribution >= 0.6 is 0 Å². The molecule has 0 unspecified atom stereocenters. The van der Waals surface area contributed by atoms with Gasteiger partial charge in [0.25, 0.3) is 0 Å². The normalized spacial score (nSPS) is 13.2. The third-order valence-corrected chi connectivity index (χ3v) is 6.30. The Kier molecular flexibility index (Phi) is 5.23. The van der Waals surface area contributed by atoms with Crippen molar-refractivity contribution < 1.29 is 4.79 Å². The van der Waals surface area contributed by atoms with Crippen molar-refractivity contribution in [3.05, 3.63) is 119 Å². The Morgan fingerprint density at radius 1 is 0.812 bits per heavy atom. The maximum absolute atomic E-state index is 11.5. The number of hydrogen-bond donors (Lipinski definition) is 1. The summed E-state index contributed by atoms with van der Waals surface area (Å²) in [5.41, 5.74) is 9.54. The summed E-state index contributed by atoms with van der Waals surface area (Å²) in [6.07, 6.45) is 2.77. The van der Waals surface area contributed by atoms with E-state index in [-0.39, 0.29) is 5.91 Å². The molecule has 0 atom stereocenters. The van der Waals surface area contributed by atoms with Crippen LogP contribution in [0.1, 0.15) is 28.7 Å². The first-order chi connectivity index (χ1) is 15.7. The molecule has 1 aromatic heterocycles. The topological polar surface area (TPSA) is 64.2 Å². The van der Waals surface area contributed by atoms with Crippen LogP contribution in [0.15, 0.2) is 97.2 Å². The molecule has 1 aliphatic rings. The predicted octanol–water partition coefficient (Wildman–Crippen LogP) is 4.11. The molecule has 1 amide bonds. The first-order valence-electron chi connectivity index (χ1n) is 11.0. The van der Waals surface area contributed by atoms with E-state index in [4.69, 9.17) is 5.73 Å². The molecule has 2 N–H and O–H groups in total. The van der Waals surface area contributed by atoms with E-state index in [2.05, 4.69) is 106 Å². The van der Waals surface area contributed by atoms with Gasteiger partial charge in [0.15, 0.2) is 0 Å². The molecule has 2 heterocycles. The summed E-state index contributed by atoms with van der Waals surface area (Å²) < 4.78 is 2.06. The van der Waals surface area contributed by atoms with Crippen molar-refractivity contribution in [1.82, 2.24) is 9.78 Å². The van der Waals surface area contributed by atoms with Crippen LogP contribution in [0.4, 0.5) is 5.82 Å². The fraction of sp³-hybridized carbons (Fsp3) is 0.185. The number of amides is 1. The van der Waals surface area contributed by atoms with Crippen LogP contribution in [0, 0.1) is 0 Å². The summed E-state index contributed by atoms with van der Waals surface area (Å²) >= 11 is 0. The molecule has 1 aliphatic heterocycles. The first kappa shape index (κ1) is 20.1. The number of carbonyl (C=O) groups excluding carboxylic acids is 1. The molecule has 0 radical (unpaired) electrons. The second-order valence-corrected chi connectivity index (χ2v) is 8.14. The van der Waals surface area contributed by atoms with Gasteiger partial charge in [-0.25, -0.2) is 4.68 Å².